The van der Waals surface area contributed by atoms with Crippen LogP contribution in [0.4, 0.5) is 0 Å². The molecule has 32 heavy (non-hydrogen) atoms. The van der Waals surface area contributed by atoms with Crippen LogP contribution in [0.5, 0.6) is 11.5 Å². The molecule has 2 rings (SSSR count). The van der Waals surface area contributed by atoms with E-state index in [2.05, 4.69) is 51.1 Å². The molecule has 1 N–H and O–H groups in total. The standard InChI is InChI=1S/C28H42O3Si/c1-5-32(6-2,22-12-10-13-25-17-15-24(3)16-18-25)31-21-11-8-7-9-14-26-23-27(30-4)19-20-28(26)29/h9,14-20,23,29H,5-8,10-13,21-22H2,1-4H3. The second-order valence-electron chi connectivity index (χ2n) is 8.75. The minimum atomic E-state index is -1.59. The molecule has 0 aliphatic rings. The first-order valence-corrected chi connectivity index (χ1v) is 14.8. The van der Waals surface area contributed by atoms with Crippen LogP contribution in [0, 0.1) is 6.92 Å². The first-order chi connectivity index (χ1) is 15.5. The molecule has 4 heteroatoms. The normalized spacial score (nSPS) is 11.9. The van der Waals surface area contributed by atoms with E-state index in [1.165, 1.54) is 48.5 Å². The van der Waals surface area contributed by atoms with Gasteiger partial charge in [-0.3, -0.25) is 0 Å². The van der Waals surface area contributed by atoms with Crippen molar-refractivity contribution in [3.63, 3.8) is 0 Å². The van der Waals surface area contributed by atoms with Gasteiger partial charge in [0.05, 0.1) is 7.11 Å². The van der Waals surface area contributed by atoms with E-state index in [1.54, 1.807) is 19.2 Å². The first kappa shape index (κ1) is 26.2. The van der Waals surface area contributed by atoms with Crippen molar-refractivity contribution >= 4 is 14.4 Å². The Morgan fingerprint density at radius 3 is 2.38 bits per heavy atom. The summed E-state index contributed by atoms with van der Waals surface area (Å²) in [6.45, 7) is 7.66. The van der Waals surface area contributed by atoms with Crippen molar-refractivity contribution in [2.45, 2.75) is 77.4 Å². The van der Waals surface area contributed by atoms with Crippen molar-refractivity contribution in [1.82, 2.24) is 0 Å². The van der Waals surface area contributed by atoms with Crippen LogP contribution in [-0.2, 0) is 10.8 Å². The lowest BCUT2D eigenvalue weighted by atomic mass is 10.1. The zero-order chi connectivity index (χ0) is 23.2. The Morgan fingerprint density at radius 1 is 0.938 bits per heavy atom. The van der Waals surface area contributed by atoms with Gasteiger partial charge in [0.1, 0.15) is 11.5 Å². The maximum absolute atomic E-state index is 9.96. The molecule has 0 heterocycles. The number of phenolic OH excluding ortho intramolecular Hbond substituents is 1. The number of rotatable bonds is 15. The average Bonchev–Trinajstić information content (AvgIpc) is 2.82. The Morgan fingerprint density at radius 2 is 1.69 bits per heavy atom. The van der Waals surface area contributed by atoms with E-state index in [9.17, 15) is 5.11 Å². The summed E-state index contributed by atoms with van der Waals surface area (Å²) in [5.41, 5.74) is 3.58. The van der Waals surface area contributed by atoms with Gasteiger partial charge >= 0.3 is 0 Å². The largest absolute Gasteiger partial charge is 0.507 e. The molecule has 0 spiro atoms. The number of ether oxygens (including phenoxy) is 1. The lowest BCUT2D eigenvalue weighted by Gasteiger charge is -2.29. The van der Waals surface area contributed by atoms with E-state index in [0.29, 0.717) is 0 Å². The van der Waals surface area contributed by atoms with Crippen LogP contribution in [0.25, 0.3) is 6.08 Å². The van der Waals surface area contributed by atoms with Gasteiger partial charge in [-0.2, -0.15) is 0 Å². The number of aromatic hydroxyl groups is 1. The van der Waals surface area contributed by atoms with Crippen molar-refractivity contribution in [1.29, 1.82) is 0 Å². The molecule has 0 atom stereocenters. The molecule has 0 radical (unpaired) electrons. The molecule has 0 saturated carbocycles. The fourth-order valence-electron chi connectivity index (χ4n) is 4.07. The summed E-state index contributed by atoms with van der Waals surface area (Å²) in [7, 11) is 0.0441. The van der Waals surface area contributed by atoms with Crippen molar-refractivity contribution in [2.24, 2.45) is 0 Å². The van der Waals surface area contributed by atoms with Gasteiger partial charge in [-0.25, -0.2) is 0 Å². The Kier molecular flexibility index (Phi) is 11.6. The van der Waals surface area contributed by atoms with E-state index < -0.39 is 8.32 Å². The van der Waals surface area contributed by atoms with E-state index in [0.717, 1.165) is 37.2 Å². The van der Waals surface area contributed by atoms with Crippen molar-refractivity contribution < 1.29 is 14.3 Å². The number of unbranched alkanes of at least 4 members (excludes halogenated alkanes) is 3. The fraction of sp³-hybridized carbons (Fsp3) is 0.500. The molecule has 0 aliphatic heterocycles. The van der Waals surface area contributed by atoms with E-state index in [-0.39, 0.29) is 5.75 Å². The molecule has 0 bridgehead atoms. The lowest BCUT2D eigenvalue weighted by Crippen LogP contribution is -2.37. The van der Waals surface area contributed by atoms with E-state index in [1.807, 2.05) is 12.1 Å². The van der Waals surface area contributed by atoms with Gasteiger partial charge in [0.25, 0.3) is 0 Å². The smallest absolute Gasteiger partial charge is 0.192 e. The third-order valence-electron chi connectivity index (χ3n) is 6.46. The highest BCUT2D eigenvalue weighted by atomic mass is 28.4. The van der Waals surface area contributed by atoms with E-state index in [4.69, 9.17) is 9.16 Å². The number of benzene rings is 2. The summed E-state index contributed by atoms with van der Waals surface area (Å²) in [5.74, 6) is 1.05. The van der Waals surface area contributed by atoms with Gasteiger partial charge in [-0.15, -0.1) is 0 Å². The third-order valence-corrected chi connectivity index (χ3v) is 11.1. The Balaban J connectivity index is 1.67. The van der Waals surface area contributed by atoms with Gasteiger partial charge in [0.15, 0.2) is 8.32 Å². The highest BCUT2D eigenvalue weighted by Crippen LogP contribution is 2.26. The maximum atomic E-state index is 9.96. The molecule has 0 unspecified atom stereocenters. The molecule has 2 aromatic rings. The molecule has 0 amide bonds. The molecular weight excluding hydrogens is 412 g/mol. The Labute approximate surface area is 196 Å². The molecular formula is C28H42O3Si. The van der Waals surface area contributed by atoms with Crippen LogP contribution in [0.1, 0.15) is 62.6 Å². The third kappa shape index (κ3) is 8.83. The summed E-state index contributed by atoms with van der Waals surface area (Å²) in [5, 5.41) is 9.96. The van der Waals surface area contributed by atoms with Crippen LogP contribution < -0.4 is 4.74 Å². The Hall–Kier alpha value is -2.04. The number of allylic oxidation sites excluding steroid dienone is 1. The van der Waals surface area contributed by atoms with Gasteiger partial charge in [-0.05, 0) is 80.9 Å². The topological polar surface area (TPSA) is 38.7 Å². The van der Waals surface area contributed by atoms with Crippen LogP contribution in [-0.4, -0.2) is 27.1 Å². The van der Waals surface area contributed by atoms with Crippen LogP contribution >= 0.6 is 0 Å². The quantitative estimate of drug-likeness (QED) is 0.219. The first-order valence-electron chi connectivity index (χ1n) is 12.2. The zero-order valence-electron chi connectivity index (χ0n) is 20.5. The number of hydrogen-bond acceptors (Lipinski definition) is 3. The van der Waals surface area contributed by atoms with Gasteiger partial charge in [-0.1, -0.05) is 62.2 Å². The van der Waals surface area contributed by atoms with Gasteiger partial charge in [0.2, 0.25) is 0 Å². The fourth-order valence-corrected chi connectivity index (χ4v) is 7.30. The average molecular weight is 455 g/mol. The summed E-state index contributed by atoms with van der Waals surface area (Å²) >= 11 is 0. The maximum Gasteiger partial charge on any atom is 0.192 e. The minimum Gasteiger partial charge on any atom is -0.507 e. The molecule has 0 fully saturated rings. The van der Waals surface area contributed by atoms with Gasteiger partial charge in [0, 0.05) is 12.2 Å². The molecule has 0 aliphatic carbocycles. The van der Waals surface area contributed by atoms with Crippen LogP contribution in [0.3, 0.4) is 0 Å². The number of aryl methyl sites for hydroxylation is 2. The summed E-state index contributed by atoms with van der Waals surface area (Å²) in [6, 6.07) is 18.0. The molecule has 0 saturated heterocycles. The van der Waals surface area contributed by atoms with Crippen molar-refractivity contribution in [3.8, 4) is 11.5 Å². The highest BCUT2D eigenvalue weighted by Gasteiger charge is 2.29. The monoisotopic (exact) mass is 454 g/mol. The highest BCUT2D eigenvalue weighted by molar-refractivity contribution is 6.73. The summed E-state index contributed by atoms with van der Waals surface area (Å²) < 4.78 is 11.8. The predicted molar refractivity (Wildman–Crippen MR) is 139 cm³/mol. The number of methoxy groups -OCH3 is 1. The van der Waals surface area contributed by atoms with Crippen molar-refractivity contribution in [2.75, 3.05) is 13.7 Å². The van der Waals surface area contributed by atoms with Crippen LogP contribution in [0.2, 0.25) is 18.1 Å². The number of hydrogen-bond donors (Lipinski definition) is 1. The summed E-state index contributed by atoms with van der Waals surface area (Å²) in [6.07, 6.45) is 11.0. The predicted octanol–water partition coefficient (Wildman–Crippen LogP) is 7.92. The minimum absolute atomic E-state index is 0.287. The lowest BCUT2D eigenvalue weighted by molar-refractivity contribution is 0.288. The Bertz CT molecular complexity index is 810. The SMILES string of the molecule is CC[Si](CC)(CCCCc1ccc(C)cc1)OCCCCC=Cc1cc(OC)ccc1O. The molecule has 0 aromatic heterocycles. The van der Waals surface area contributed by atoms with E-state index >= 15 is 0 Å². The zero-order valence-corrected chi connectivity index (χ0v) is 21.5. The van der Waals surface area contributed by atoms with Crippen molar-refractivity contribution in [3.05, 3.63) is 65.2 Å². The number of phenols is 1. The molecule has 2 aromatic carbocycles. The van der Waals surface area contributed by atoms with Crippen LogP contribution in [0.15, 0.2) is 48.5 Å². The summed E-state index contributed by atoms with van der Waals surface area (Å²) in [4.78, 5) is 0. The second-order valence-corrected chi connectivity index (χ2v) is 13.3. The molecule has 3 nitrogen and oxygen atoms in total. The molecule has 176 valence electrons. The second kappa shape index (κ2) is 14.2. The van der Waals surface area contributed by atoms with Gasteiger partial charge < -0.3 is 14.3 Å².